The van der Waals surface area contributed by atoms with Crippen molar-refractivity contribution in [1.82, 2.24) is 0 Å². The van der Waals surface area contributed by atoms with Crippen LogP contribution in [0.4, 0.5) is 4.39 Å². The summed E-state index contributed by atoms with van der Waals surface area (Å²) in [6.07, 6.45) is 0. The first-order chi connectivity index (χ1) is 6.07. The van der Waals surface area contributed by atoms with Gasteiger partial charge < -0.3 is 15.2 Å². The van der Waals surface area contributed by atoms with Crippen LogP contribution in [-0.2, 0) is 6.61 Å². The first kappa shape index (κ1) is 10.2. The van der Waals surface area contributed by atoms with Crippen molar-refractivity contribution in [2.45, 2.75) is 13.5 Å². The molecule has 0 bridgehead atoms. The van der Waals surface area contributed by atoms with Gasteiger partial charge in [-0.2, -0.15) is 0 Å². The molecule has 3 nitrogen and oxygen atoms in total. The maximum atomic E-state index is 13.2. The van der Waals surface area contributed by atoms with Crippen molar-refractivity contribution in [1.29, 1.82) is 0 Å². The van der Waals surface area contributed by atoms with Gasteiger partial charge in [-0.15, -0.1) is 0 Å². The molecular formula is C8H10BFO3. The Morgan fingerprint density at radius 2 is 2.00 bits per heavy atom. The summed E-state index contributed by atoms with van der Waals surface area (Å²) in [4.78, 5) is 0. The van der Waals surface area contributed by atoms with Gasteiger partial charge in [0.15, 0.2) is 0 Å². The molecule has 0 radical (unpaired) electrons. The van der Waals surface area contributed by atoms with Crippen molar-refractivity contribution >= 4 is 12.6 Å². The van der Waals surface area contributed by atoms with Gasteiger partial charge in [-0.1, -0.05) is 12.1 Å². The third kappa shape index (κ3) is 1.88. The van der Waals surface area contributed by atoms with Gasteiger partial charge in [-0.25, -0.2) is 4.39 Å². The van der Waals surface area contributed by atoms with Crippen LogP contribution in [0.15, 0.2) is 12.1 Å². The summed E-state index contributed by atoms with van der Waals surface area (Å²) in [7, 11) is -1.68. The minimum Gasteiger partial charge on any atom is -0.423 e. The second-order valence-corrected chi connectivity index (χ2v) is 2.78. The van der Waals surface area contributed by atoms with Crippen molar-refractivity contribution in [3.63, 3.8) is 0 Å². The van der Waals surface area contributed by atoms with Crippen molar-refractivity contribution < 1.29 is 19.5 Å². The highest BCUT2D eigenvalue weighted by Gasteiger charge is 2.17. The van der Waals surface area contributed by atoms with E-state index in [1.165, 1.54) is 19.1 Å². The quantitative estimate of drug-likeness (QED) is 0.533. The summed E-state index contributed by atoms with van der Waals surface area (Å²) in [5.74, 6) is -0.590. The molecule has 3 N–H and O–H groups in total. The third-order valence-electron chi connectivity index (χ3n) is 1.96. The van der Waals surface area contributed by atoms with Gasteiger partial charge in [0.1, 0.15) is 5.82 Å². The molecule has 1 rings (SSSR count). The minimum atomic E-state index is -1.68. The Morgan fingerprint density at radius 1 is 1.38 bits per heavy atom. The normalized spacial score (nSPS) is 10.2. The average Bonchev–Trinajstić information content (AvgIpc) is 2.09. The average molecular weight is 184 g/mol. The van der Waals surface area contributed by atoms with Crippen molar-refractivity contribution in [3.05, 3.63) is 29.1 Å². The number of benzene rings is 1. The molecule has 0 heterocycles. The van der Waals surface area contributed by atoms with Gasteiger partial charge in [0.05, 0.1) is 6.61 Å². The van der Waals surface area contributed by atoms with Crippen LogP contribution in [0.2, 0.25) is 0 Å². The van der Waals surface area contributed by atoms with E-state index in [4.69, 9.17) is 15.2 Å². The van der Waals surface area contributed by atoms with Crippen LogP contribution in [0.25, 0.3) is 0 Å². The lowest BCUT2D eigenvalue weighted by molar-refractivity contribution is 0.275. The van der Waals surface area contributed by atoms with Gasteiger partial charge in [0.25, 0.3) is 0 Å². The van der Waals surface area contributed by atoms with Crippen LogP contribution in [0.5, 0.6) is 0 Å². The molecule has 0 unspecified atom stereocenters. The minimum absolute atomic E-state index is 0.120. The highest BCUT2D eigenvalue weighted by atomic mass is 19.1. The van der Waals surface area contributed by atoms with Gasteiger partial charge >= 0.3 is 7.12 Å². The molecular weight excluding hydrogens is 174 g/mol. The smallest absolute Gasteiger partial charge is 0.423 e. The van der Waals surface area contributed by atoms with E-state index < -0.39 is 19.5 Å². The van der Waals surface area contributed by atoms with Crippen molar-refractivity contribution in [2.24, 2.45) is 0 Å². The molecule has 5 heteroatoms. The molecule has 0 aromatic heterocycles. The summed E-state index contributed by atoms with van der Waals surface area (Å²) in [6.45, 7) is 1.04. The SMILES string of the molecule is Cc1c(B(O)O)ccc(CO)c1F. The first-order valence-corrected chi connectivity index (χ1v) is 3.82. The molecule has 0 spiro atoms. The lowest BCUT2D eigenvalue weighted by atomic mass is 9.76. The molecule has 0 aliphatic rings. The standard InChI is InChI=1S/C8H10BFO3/c1-5-7(9(12)13)3-2-6(4-11)8(5)10/h2-3,11-13H,4H2,1H3. The Labute approximate surface area is 75.6 Å². The second-order valence-electron chi connectivity index (χ2n) is 2.78. The van der Waals surface area contributed by atoms with Crippen LogP contribution < -0.4 is 5.46 Å². The molecule has 0 saturated carbocycles. The summed E-state index contributed by atoms with van der Waals surface area (Å²) < 4.78 is 13.2. The zero-order valence-electron chi connectivity index (χ0n) is 7.16. The largest absolute Gasteiger partial charge is 0.488 e. The molecule has 0 aliphatic carbocycles. The van der Waals surface area contributed by atoms with Crippen LogP contribution >= 0.6 is 0 Å². The Balaban J connectivity index is 3.23. The summed E-state index contributed by atoms with van der Waals surface area (Å²) in [6, 6.07) is 2.71. The van der Waals surface area contributed by atoms with Crippen LogP contribution in [0.3, 0.4) is 0 Å². The molecule has 0 atom stereocenters. The lowest BCUT2D eigenvalue weighted by Crippen LogP contribution is -2.33. The van der Waals surface area contributed by atoms with Gasteiger partial charge in [0, 0.05) is 5.56 Å². The van der Waals surface area contributed by atoms with E-state index >= 15 is 0 Å². The lowest BCUT2D eigenvalue weighted by Gasteiger charge is -2.08. The number of aliphatic hydroxyl groups is 1. The molecule has 0 amide bonds. The van der Waals surface area contributed by atoms with Gasteiger partial charge in [-0.05, 0) is 17.9 Å². The van der Waals surface area contributed by atoms with Crippen molar-refractivity contribution in [3.8, 4) is 0 Å². The maximum absolute atomic E-state index is 13.2. The van der Waals surface area contributed by atoms with E-state index in [1.807, 2.05) is 0 Å². The van der Waals surface area contributed by atoms with Crippen LogP contribution in [0, 0.1) is 12.7 Å². The third-order valence-corrected chi connectivity index (χ3v) is 1.96. The van der Waals surface area contributed by atoms with E-state index in [9.17, 15) is 4.39 Å². The zero-order chi connectivity index (χ0) is 10.0. The topological polar surface area (TPSA) is 60.7 Å². The predicted molar refractivity (Wildman–Crippen MR) is 46.9 cm³/mol. The fraction of sp³-hybridized carbons (Fsp3) is 0.250. The Kier molecular flexibility index (Phi) is 3.03. The molecule has 1 aromatic rings. The predicted octanol–water partition coefficient (Wildman–Crippen LogP) is -0.694. The fourth-order valence-corrected chi connectivity index (χ4v) is 1.16. The molecule has 0 fully saturated rings. The highest BCUT2D eigenvalue weighted by molar-refractivity contribution is 6.59. The van der Waals surface area contributed by atoms with Gasteiger partial charge in [0.2, 0.25) is 0 Å². The number of aliphatic hydroxyl groups excluding tert-OH is 1. The number of hydrogen-bond acceptors (Lipinski definition) is 3. The van der Waals surface area contributed by atoms with E-state index in [2.05, 4.69) is 0 Å². The van der Waals surface area contributed by atoms with E-state index in [1.54, 1.807) is 0 Å². The Bertz CT molecular complexity index is 315. The number of rotatable bonds is 2. The Hall–Kier alpha value is -0.905. The maximum Gasteiger partial charge on any atom is 0.488 e. The van der Waals surface area contributed by atoms with Crippen LogP contribution in [-0.4, -0.2) is 22.3 Å². The molecule has 1 aromatic carbocycles. The molecule has 0 aliphatic heterocycles. The van der Waals surface area contributed by atoms with E-state index in [-0.39, 0.29) is 16.6 Å². The zero-order valence-corrected chi connectivity index (χ0v) is 7.16. The summed E-state index contributed by atoms with van der Waals surface area (Å²) >= 11 is 0. The molecule has 70 valence electrons. The van der Waals surface area contributed by atoms with Crippen LogP contribution in [0.1, 0.15) is 11.1 Å². The Morgan fingerprint density at radius 3 is 2.46 bits per heavy atom. The molecule has 0 saturated heterocycles. The monoisotopic (exact) mass is 184 g/mol. The number of hydrogen-bond donors (Lipinski definition) is 3. The fourth-order valence-electron chi connectivity index (χ4n) is 1.16. The number of halogens is 1. The summed E-state index contributed by atoms with van der Waals surface area (Å²) in [5.41, 5.74) is 0.429. The second kappa shape index (κ2) is 3.87. The van der Waals surface area contributed by atoms with Crippen molar-refractivity contribution in [2.75, 3.05) is 0 Å². The van der Waals surface area contributed by atoms with E-state index in [0.29, 0.717) is 0 Å². The summed E-state index contributed by atoms with van der Waals surface area (Å²) in [5, 5.41) is 26.3. The highest BCUT2D eigenvalue weighted by Crippen LogP contribution is 2.10. The van der Waals surface area contributed by atoms with E-state index in [0.717, 1.165) is 0 Å². The first-order valence-electron chi connectivity index (χ1n) is 3.82. The van der Waals surface area contributed by atoms with Gasteiger partial charge in [-0.3, -0.25) is 0 Å². The molecule has 13 heavy (non-hydrogen) atoms.